The Morgan fingerprint density at radius 3 is 2.58 bits per heavy atom. The van der Waals surface area contributed by atoms with Crippen LogP contribution in [0.2, 0.25) is 10.0 Å². The summed E-state index contributed by atoms with van der Waals surface area (Å²) in [6.07, 6.45) is 0.655. The molecule has 0 radical (unpaired) electrons. The van der Waals surface area contributed by atoms with Gasteiger partial charge in [-0.2, -0.15) is 0 Å². The lowest BCUT2D eigenvalue weighted by Gasteiger charge is -2.35. The summed E-state index contributed by atoms with van der Waals surface area (Å²) < 4.78 is 0. The van der Waals surface area contributed by atoms with Crippen LogP contribution in [-0.2, 0) is 11.3 Å². The number of halogens is 2. The summed E-state index contributed by atoms with van der Waals surface area (Å²) in [7, 11) is 0. The van der Waals surface area contributed by atoms with E-state index in [1.165, 1.54) is 0 Å². The van der Waals surface area contributed by atoms with Crippen molar-refractivity contribution in [3.63, 3.8) is 0 Å². The molecule has 2 N–H and O–H groups in total. The second-order valence-corrected chi connectivity index (χ2v) is 6.91. The highest BCUT2D eigenvalue weighted by Crippen LogP contribution is 2.23. The third-order valence-electron chi connectivity index (χ3n) is 4.40. The Bertz CT molecular complexity index is 633. The summed E-state index contributed by atoms with van der Waals surface area (Å²) in [5.74, 6) is -0.0957. The van der Waals surface area contributed by atoms with E-state index in [9.17, 15) is 9.59 Å². The van der Waals surface area contributed by atoms with E-state index in [-0.39, 0.29) is 11.9 Å². The maximum atomic E-state index is 12.2. The first-order valence-corrected chi connectivity index (χ1v) is 8.78. The molecule has 0 saturated carbocycles. The number of nitrogens with one attached hydrogen (secondary N) is 2. The molecular weight excluding hydrogens is 351 g/mol. The Morgan fingerprint density at radius 2 is 1.96 bits per heavy atom. The summed E-state index contributed by atoms with van der Waals surface area (Å²) in [5, 5.41) is 6.63. The lowest BCUT2D eigenvalue weighted by atomic mass is 10.2. The van der Waals surface area contributed by atoms with Gasteiger partial charge in [0.05, 0.1) is 10.0 Å². The molecule has 2 saturated heterocycles. The van der Waals surface area contributed by atoms with Gasteiger partial charge in [0, 0.05) is 39.3 Å². The van der Waals surface area contributed by atoms with Crippen LogP contribution in [0.15, 0.2) is 18.2 Å². The molecule has 0 aromatic heterocycles. The summed E-state index contributed by atoms with van der Waals surface area (Å²) in [6.45, 7) is 4.25. The number of carbonyl (C=O) groups is 2. The van der Waals surface area contributed by atoms with Crippen molar-refractivity contribution >= 4 is 35.1 Å². The smallest absolute Gasteiger partial charge is 0.318 e. The van der Waals surface area contributed by atoms with Gasteiger partial charge in [-0.25, -0.2) is 4.79 Å². The number of nitrogens with zero attached hydrogens (tertiary/aromatic N) is 2. The Morgan fingerprint density at radius 1 is 1.21 bits per heavy atom. The fourth-order valence-electron chi connectivity index (χ4n) is 2.98. The molecule has 1 aromatic rings. The van der Waals surface area contributed by atoms with E-state index >= 15 is 0 Å². The number of rotatable bonds is 3. The number of hydrogen-bond acceptors (Lipinski definition) is 3. The Labute approximate surface area is 151 Å². The minimum Gasteiger partial charge on any atom is -0.354 e. The van der Waals surface area contributed by atoms with Crippen LogP contribution in [0, 0.1) is 0 Å². The van der Waals surface area contributed by atoms with Crippen molar-refractivity contribution < 1.29 is 9.59 Å². The van der Waals surface area contributed by atoms with Gasteiger partial charge >= 0.3 is 6.03 Å². The van der Waals surface area contributed by atoms with Crippen LogP contribution in [0.25, 0.3) is 0 Å². The first kappa shape index (κ1) is 17.3. The van der Waals surface area contributed by atoms with E-state index < -0.39 is 6.04 Å². The number of hydrogen-bond donors (Lipinski definition) is 2. The summed E-state index contributed by atoms with van der Waals surface area (Å²) >= 11 is 12.0. The summed E-state index contributed by atoms with van der Waals surface area (Å²) in [4.78, 5) is 27.8. The van der Waals surface area contributed by atoms with E-state index in [2.05, 4.69) is 15.5 Å². The van der Waals surface area contributed by atoms with E-state index in [0.717, 1.165) is 25.2 Å². The largest absolute Gasteiger partial charge is 0.354 e. The van der Waals surface area contributed by atoms with Gasteiger partial charge in [-0.05, 0) is 24.1 Å². The first-order chi connectivity index (χ1) is 11.5. The van der Waals surface area contributed by atoms with Gasteiger partial charge < -0.3 is 15.5 Å². The van der Waals surface area contributed by atoms with Gasteiger partial charge in [-0.3, -0.25) is 9.69 Å². The van der Waals surface area contributed by atoms with Crippen LogP contribution < -0.4 is 10.6 Å². The van der Waals surface area contributed by atoms with E-state index in [1.807, 2.05) is 12.1 Å². The maximum absolute atomic E-state index is 12.2. The van der Waals surface area contributed by atoms with Gasteiger partial charge in [0.25, 0.3) is 0 Å². The molecule has 2 heterocycles. The van der Waals surface area contributed by atoms with Crippen LogP contribution in [-0.4, -0.2) is 60.5 Å². The van der Waals surface area contributed by atoms with Gasteiger partial charge in [-0.15, -0.1) is 0 Å². The zero-order valence-electron chi connectivity index (χ0n) is 13.2. The fourth-order valence-corrected chi connectivity index (χ4v) is 3.30. The Hall–Kier alpha value is -1.50. The molecule has 1 aromatic carbocycles. The van der Waals surface area contributed by atoms with Gasteiger partial charge in [-0.1, -0.05) is 29.3 Å². The standard InChI is InChI=1S/C16H20Cl2N4O2/c17-12-2-1-11(9-13(12)18)10-21-5-7-22(8-6-21)16(24)20-14-3-4-19-15(14)23/h1-2,9,14H,3-8,10H2,(H,19,23)(H,20,24)/t14-/m1/s1. The quantitative estimate of drug-likeness (QED) is 0.850. The van der Waals surface area contributed by atoms with Crippen LogP contribution in [0.1, 0.15) is 12.0 Å². The van der Waals surface area contributed by atoms with Crippen molar-refractivity contribution in [2.24, 2.45) is 0 Å². The molecule has 1 atom stereocenters. The minimum absolute atomic E-state index is 0.0957. The molecule has 6 nitrogen and oxygen atoms in total. The molecule has 8 heteroatoms. The third-order valence-corrected chi connectivity index (χ3v) is 5.14. The molecule has 0 bridgehead atoms. The number of amides is 3. The molecule has 24 heavy (non-hydrogen) atoms. The molecule has 2 aliphatic rings. The summed E-state index contributed by atoms with van der Waals surface area (Å²) in [6, 6.07) is 5.08. The van der Waals surface area contributed by atoms with Crippen molar-refractivity contribution in [2.75, 3.05) is 32.7 Å². The van der Waals surface area contributed by atoms with Crippen molar-refractivity contribution in [1.29, 1.82) is 0 Å². The van der Waals surface area contributed by atoms with Gasteiger partial charge in [0.1, 0.15) is 6.04 Å². The van der Waals surface area contributed by atoms with E-state index in [1.54, 1.807) is 11.0 Å². The van der Waals surface area contributed by atoms with Crippen LogP contribution in [0.3, 0.4) is 0 Å². The topological polar surface area (TPSA) is 64.7 Å². The molecule has 3 rings (SSSR count). The van der Waals surface area contributed by atoms with Crippen molar-refractivity contribution in [3.05, 3.63) is 33.8 Å². The fraction of sp³-hybridized carbons (Fsp3) is 0.500. The molecule has 0 aliphatic carbocycles. The summed E-state index contributed by atoms with van der Waals surface area (Å²) in [5.41, 5.74) is 1.10. The van der Waals surface area contributed by atoms with Crippen LogP contribution in [0.5, 0.6) is 0 Å². The van der Waals surface area contributed by atoms with Gasteiger partial charge in [0.2, 0.25) is 5.91 Å². The minimum atomic E-state index is -0.397. The molecule has 130 valence electrons. The SMILES string of the molecule is O=C1NCC[C@H]1NC(=O)N1CCN(Cc2ccc(Cl)c(Cl)c2)CC1. The predicted molar refractivity (Wildman–Crippen MR) is 93.3 cm³/mol. The van der Waals surface area contributed by atoms with Crippen molar-refractivity contribution in [2.45, 2.75) is 19.0 Å². The van der Waals surface area contributed by atoms with E-state index in [4.69, 9.17) is 23.2 Å². The lowest BCUT2D eigenvalue weighted by molar-refractivity contribution is -0.120. The van der Waals surface area contributed by atoms with Crippen molar-refractivity contribution in [3.8, 4) is 0 Å². The number of carbonyl (C=O) groups excluding carboxylic acids is 2. The van der Waals surface area contributed by atoms with E-state index in [0.29, 0.717) is 36.1 Å². The average Bonchev–Trinajstić information content (AvgIpc) is 2.97. The monoisotopic (exact) mass is 370 g/mol. The average molecular weight is 371 g/mol. The van der Waals surface area contributed by atoms with Crippen LogP contribution >= 0.6 is 23.2 Å². The lowest BCUT2D eigenvalue weighted by Crippen LogP contribution is -2.54. The number of benzene rings is 1. The predicted octanol–water partition coefficient (Wildman–Crippen LogP) is 1.71. The highest BCUT2D eigenvalue weighted by atomic mass is 35.5. The second-order valence-electron chi connectivity index (χ2n) is 6.09. The first-order valence-electron chi connectivity index (χ1n) is 8.02. The molecular formula is C16H20Cl2N4O2. The zero-order valence-corrected chi connectivity index (χ0v) is 14.7. The third kappa shape index (κ3) is 4.12. The molecule has 2 fully saturated rings. The normalized spacial score (nSPS) is 21.7. The molecule has 0 spiro atoms. The second kappa shape index (κ2) is 7.59. The zero-order chi connectivity index (χ0) is 17.1. The number of urea groups is 1. The molecule has 3 amide bonds. The number of piperazine rings is 1. The molecule has 2 aliphatic heterocycles. The maximum Gasteiger partial charge on any atom is 0.318 e. The Kier molecular flexibility index (Phi) is 5.48. The molecule has 0 unspecified atom stereocenters. The van der Waals surface area contributed by atoms with Crippen LogP contribution in [0.4, 0.5) is 4.79 Å². The highest BCUT2D eigenvalue weighted by Gasteiger charge is 2.28. The van der Waals surface area contributed by atoms with Crippen molar-refractivity contribution in [1.82, 2.24) is 20.4 Å². The highest BCUT2D eigenvalue weighted by molar-refractivity contribution is 6.42. The Balaban J connectivity index is 1.47. The van der Waals surface area contributed by atoms with Gasteiger partial charge in [0.15, 0.2) is 0 Å².